The number of aromatic nitrogens is 1. The van der Waals surface area contributed by atoms with Crippen LogP contribution in [0.1, 0.15) is 24.3 Å². The SMILES string of the molecule is Cc1cc(CC(=O)N2CCOC[C@@](O)(CN3CCCC3)C2)on1. The molecule has 1 aromatic heterocycles. The molecular formula is C16H25N3O4. The number of hydrogen-bond donors (Lipinski definition) is 1. The third-order valence-corrected chi connectivity index (χ3v) is 4.43. The highest BCUT2D eigenvalue weighted by Crippen LogP contribution is 2.18. The number of likely N-dealkylation sites (tertiary alicyclic amines) is 1. The predicted molar refractivity (Wildman–Crippen MR) is 83.0 cm³/mol. The second-order valence-electron chi connectivity index (χ2n) is 6.69. The van der Waals surface area contributed by atoms with Crippen molar-refractivity contribution in [2.45, 2.75) is 31.8 Å². The van der Waals surface area contributed by atoms with Gasteiger partial charge in [-0.05, 0) is 32.9 Å². The number of aryl methyl sites for hydroxylation is 1. The maximum Gasteiger partial charge on any atom is 0.230 e. The predicted octanol–water partition coefficient (Wildman–Crippen LogP) is 0.211. The molecule has 1 amide bonds. The summed E-state index contributed by atoms with van der Waals surface area (Å²) in [5.74, 6) is 0.493. The van der Waals surface area contributed by atoms with E-state index >= 15 is 0 Å². The van der Waals surface area contributed by atoms with Crippen molar-refractivity contribution in [2.75, 3.05) is 45.9 Å². The van der Waals surface area contributed by atoms with Gasteiger partial charge in [0.15, 0.2) is 0 Å². The highest BCUT2D eigenvalue weighted by Gasteiger charge is 2.36. The van der Waals surface area contributed by atoms with E-state index < -0.39 is 5.60 Å². The molecule has 0 bridgehead atoms. The van der Waals surface area contributed by atoms with E-state index in [1.54, 1.807) is 11.0 Å². The van der Waals surface area contributed by atoms with Crippen LogP contribution in [0.25, 0.3) is 0 Å². The molecule has 128 valence electrons. The van der Waals surface area contributed by atoms with E-state index in [0.29, 0.717) is 32.0 Å². The van der Waals surface area contributed by atoms with Gasteiger partial charge in [-0.15, -0.1) is 0 Å². The van der Waals surface area contributed by atoms with Crippen molar-refractivity contribution in [3.8, 4) is 0 Å². The van der Waals surface area contributed by atoms with Crippen LogP contribution in [-0.2, 0) is 16.0 Å². The third kappa shape index (κ3) is 4.31. The summed E-state index contributed by atoms with van der Waals surface area (Å²) in [6.45, 7) is 5.91. The number of aliphatic hydroxyl groups is 1. The number of ether oxygens (including phenoxy) is 1. The first kappa shape index (κ1) is 16.4. The number of nitrogens with zero attached hydrogens (tertiary/aromatic N) is 3. The number of carbonyl (C=O) groups excluding carboxylic acids is 1. The van der Waals surface area contributed by atoms with E-state index in [4.69, 9.17) is 9.26 Å². The largest absolute Gasteiger partial charge is 0.384 e. The molecule has 0 spiro atoms. The first-order chi connectivity index (χ1) is 11.0. The van der Waals surface area contributed by atoms with E-state index in [0.717, 1.165) is 18.8 Å². The minimum Gasteiger partial charge on any atom is -0.384 e. The van der Waals surface area contributed by atoms with E-state index in [2.05, 4.69) is 10.1 Å². The Morgan fingerprint density at radius 1 is 1.39 bits per heavy atom. The van der Waals surface area contributed by atoms with E-state index in [-0.39, 0.29) is 18.9 Å². The zero-order valence-corrected chi connectivity index (χ0v) is 13.7. The molecule has 1 aromatic rings. The molecule has 2 aliphatic heterocycles. The fraction of sp³-hybridized carbons (Fsp3) is 0.750. The van der Waals surface area contributed by atoms with E-state index in [1.807, 2.05) is 6.92 Å². The molecule has 7 nitrogen and oxygen atoms in total. The Bertz CT molecular complexity index is 541. The number of amides is 1. The molecule has 3 heterocycles. The van der Waals surface area contributed by atoms with Gasteiger partial charge in [0.25, 0.3) is 0 Å². The van der Waals surface area contributed by atoms with Crippen molar-refractivity contribution in [2.24, 2.45) is 0 Å². The summed E-state index contributed by atoms with van der Waals surface area (Å²) in [5.41, 5.74) is -0.245. The van der Waals surface area contributed by atoms with Gasteiger partial charge in [-0.1, -0.05) is 5.16 Å². The number of β-amino-alcohol motifs (C(OH)–C–C–N with tert-alkyl or cyclic N) is 1. The lowest BCUT2D eigenvalue weighted by molar-refractivity contribution is -0.134. The van der Waals surface area contributed by atoms with Crippen molar-refractivity contribution >= 4 is 5.91 Å². The quantitative estimate of drug-likeness (QED) is 0.853. The van der Waals surface area contributed by atoms with Crippen molar-refractivity contribution in [1.82, 2.24) is 15.0 Å². The summed E-state index contributed by atoms with van der Waals surface area (Å²) < 4.78 is 10.7. The van der Waals surface area contributed by atoms with Crippen LogP contribution < -0.4 is 0 Å². The van der Waals surface area contributed by atoms with Crippen LogP contribution in [0.5, 0.6) is 0 Å². The summed E-state index contributed by atoms with van der Waals surface area (Å²) in [5, 5.41) is 14.7. The van der Waals surface area contributed by atoms with E-state index in [1.165, 1.54) is 12.8 Å². The lowest BCUT2D eigenvalue weighted by atomic mass is 10.0. The van der Waals surface area contributed by atoms with Crippen LogP contribution in [-0.4, -0.2) is 77.5 Å². The van der Waals surface area contributed by atoms with Gasteiger partial charge < -0.3 is 24.2 Å². The smallest absolute Gasteiger partial charge is 0.230 e. The minimum absolute atomic E-state index is 0.0634. The Balaban J connectivity index is 1.62. The Hall–Kier alpha value is -1.44. The molecule has 0 radical (unpaired) electrons. The highest BCUT2D eigenvalue weighted by atomic mass is 16.5. The lowest BCUT2D eigenvalue weighted by Crippen LogP contribution is -2.53. The molecule has 1 N–H and O–H groups in total. The Morgan fingerprint density at radius 3 is 2.87 bits per heavy atom. The lowest BCUT2D eigenvalue weighted by Gasteiger charge is -2.33. The second kappa shape index (κ2) is 6.98. The van der Waals surface area contributed by atoms with Crippen LogP contribution in [0.3, 0.4) is 0 Å². The van der Waals surface area contributed by atoms with Crippen molar-refractivity contribution in [3.63, 3.8) is 0 Å². The zero-order chi connectivity index (χ0) is 16.3. The first-order valence-electron chi connectivity index (χ1n) is 8.27. The van der Waals surface area contributed by atoms with E-state index in [9.17, 15) is 9.90 Å². The maximum atomic E-state index is 12.5. The standard InChI is InChI=1S/C16H25N3O4/c1-13-8-14(23-17-13)9-15(20)19-6-7-22-12-16(21,11-19)10-18-4-2-3-5-18/h8,21H,2-7,9-12H2,1H3/t16-/m1/s1. The van der Waals surface area contributed by atoms with Gasteiger partial charge in [-0.25, -0.2) is 0 Å². The Kier molecular flexibility index (Phi) is 4.99. The fourth-order valence-corrected chi connectivity index (χ4v) is 3.34. The minimum atomic E-state index is -1.01. The number of rotatable bonds is 4. The van der Waals surface area contributed by atoms with Crippen LogP contribution >= 0.6 is 0 Å². The van der Waals surface area contributed by atoms with Gasteiger partial charge in [0.05, 0.1) is 31.9 Å². The molecule has 2 fully saturated rings. The van der Waals surface area contributed by atoms with Gasteiger partial charge in [-0.3, -0.25) is 4.79 Å². The molecule has 23 heavy (non-hydrogen) atoms. The number of hydrogen-bond acceptors (Lipinski definition) is 6. The van der Waals surface area contributed by atoms with Crippen LogP contribution in [0, 0.1) is 6.92 Å². The fourth-order valence-electron chi connectivity index (χ4n) is 3.34. The summed E-state index contributed by atoms with van der Waals surface area (Å²) in [6, 6.07) is 1.77. The molecule has 7 heteroatoms. The molecular weight excluding hydrogens is 298 g/mol. The third-order valence-electron chi connectivity index (χ3n) is 4.43. The van der Waals surface area contributed by atoms with Gasteiger partial charge in [0, 0.05) is 19.2 Å². The topological polar surface area (TPSA) is 79.0 Å². The maximum absolute atomic E-state index is 12.5. The second-order valence-corrected chi connectivity index (χ2v) is 6.69. The highest BCUT2D eigenvalue weighted by molar-refractivity contribution is 5.78. The molecule has 1 atom stereocenters. The summed E-state index contributed by atoms with van der Waals surface area (Å²) in [7, 11) is 0. The first-order valence-corrected chi connectivity index (χ1v) is 8.27. The molecule has 0 unspecified atom stereocenters. The zero-order valence-electron chi connectivity index (χ0n) is 13.7. The molecule has 3 rings (SSSR count). The van der Waals surface area contributed by atoms with Crippen molar-refractivity contribution < 1.29 is 19.2 Å². The average Bonchev–Trinajstić information content (AvgIpc) is 3.09. The normalized spacial score (nSPS) is 26.4. The Morgan fingerprint density at radius 2 is 2.17 bits per heavy atom. The molecule has 0 saturated carbocycles. The number of carbonyl (C=O) groups is 1. The van der Waals surface area contributed by atoms with Gasteiger partial charge in [-0.2, -0.15) is 0 Å². The van der Waals surface area contributed by atoms with Gasteiger partial charge in [0.1, 0.15) is 11.4 Å². The van der Waals surface area contributed by atoms with Gasteiger partial charge >= 0.3 is 0 Å². The van der Waals surface area contributed by atoms with Gasteiger partial charge in [0.2, 0.25) is 5.91 Å². The molecule has 2 aliphatic rings. The molecule has 0 aliphatic carbocycles. The summed E-state index contributed by atoms with van der Waals surface area (Å²) in [4.78, 5) is 16.4. The monoisotopic (exact) mass is 323 g/mol. The Labute approximate surface area is 136 Å². The van der Waals surface area contributed by atoms with Crippen LogP contribution in [0.4, 0.5) is 0 Å². The van der Waals surface area contributed by atoms with Crippen molar-refractivity contribution in [1.29, 1.82) is 0 Å². The molecule has 0 aromatic carbocycles. The average molecular weight is 323 g/mol. The summed E-state index contributed by atoms with van der Waals surface area (Å²) in [6.07, 6.45) is 2.51. The van der Waals surface area contributed by atoms with Crippen molar-refractivity contribution in [3.05, 3.63) is 17.5 Å². The molecule has 2 saturated heterocycles. The van der Waals surface area contributed by atoms with Crippen LogP contribution in [0.15, 0.2) is 10.6 Å². The summed E-state index contributed by atoms with van der Waals surface area (Å²) >= 11 is 0. The van der Waals surface area contributed by atoms with Crippen LogP contribution in [0.2, 0.25) is 0 Å².